The lowest BCUT2D eigenvalue weighted by Gasteiger charge is -2.31. The van der Waals surface area contributed by atoms with Gasteiger partial charge in [-0.25, -0.2) is 13.8 Å². The summed E-state index contributed by atoms with van der Waals surface area (Å²) in [5, 5.41) is 4.83. The molecule has 4 rings (SSSR count). The molecule has 0 unspecified atom stereocenters. The number of piperazine rings is 1. The summed E-state index contributed by atoms with van der Waals surface area (Å²) in [7, 11) is 1.94. The molecule has 14 heteroatoms. The van der Waals surface area contributed by atoms with Crippen LogP contribution < -0.4 is 15.4 Å². The quantitative estimate of drug-likeness (QED) is 0.433. The molecule has 2 heterocycles. The van der Waals surface area contributed by atoms with Gasteiger partial charge in [0.15, 0.2) is 11.6 Å². The molecule has 9 nitrogen and oxygen atoms in total. The van der Waals surface area contributed by atoms with E-state index in [4.69, 9.17) is 0 Å². The minimum Gasteiger partial charge on any atom is -0.404 e. The molecule has 3 aromatic rings. The highest BCUT2D eigenvalue weighted by atomic mass is 19.4. The van der Waals surface area contributed by atoms with Gasteiger partial charge in [0.05, 0.1) is 30.3 Å². The third-order valence-corrected chi connectivity index (χ3v) is 5.76. The second-order valence-corrected chi connectivity index (χ2v) is 8.79. The minimum atomic E-state index is -5.03. The first-order valence-electron chi connectivity index (χ1n) is 11.7. The van der Waals surface area contributed by atoms with Crippen molar-refractivity contribution in [1.29, 1.82) is 0 Å². The van der Waals surface area contributed by atoms with Crippen LogP contribution in [-0.4, -0.2) is 77.7 Å². The average Bonchev–Trinajstić information content (AvgIpc) is 2.85. The number of likely N-dealkylation sites (N-methyl/N-ethyl adjacent to an activating group) is 1. The second-order valence-electron chi connectivity index (χ2n) is 8.79. The number of halogens is 5. The number of hydrogen-bond acceptors (Lipinski definition) is 7. The molecule has 2 aromatic carbocycles. The molecule has 1 aliphatic heterocycles. The van der Waals surface area contributed by atoms with Crippen molar-refractivity contribution in [2.45, 2.75) is 6.36 Å². The van der Waals surface area contributed by atoms with Gasteiger partial charge in [-0.2, -0.15) is 0 Å². The fraction of sp³-hybridized carbons (Fsp3) is 0.280. The monoisotopic (exact) mass is 550 g/mol. The largest absolute Gasteiger partial charge is 0.573 e. The Morgan fingerprint density at radius 2 is 1.64 bits per heavy atom. The van der Waals surface area contributed by atoms with Crippen LogP contribution in [0.4, 0.5) is 33.5 Å². The van der Waals surface area contributed by atoms with Crippen molar-refractivity contribution in [3.8, 4) is 17.0 Å². The summed E-state index contributed by atoms with van der Waals surface area (Å²) in [5.74, 6) is -3.64. The molecule has 39 heavy (non-hydrogen) atoms. The Hall–Kier alpha value is -4.17. The van der Waals surface area contributed by atoms with Crippen molar-refractivity contribution >= 4 is 23.3 Å². The summed E-state index contributed by atoms with van der Waals surface area (Å²) in [6, 6.07) is 5.89. The van der Waals surface area contributed by atoms with Gasteiger partial charge in [-0.3, -0.25) is 19.5 Å². The molecule has 0 spiro atoms. The third-order valence-electron chi connectivity index (χ3n) is 5.76. The SMILES string of the molecule is CN1CCN(CC(=O)Nc2cc(C(=O)Nc3cnc(-c4cc(F)cc(F)c4)cn3)ccc2OC(F)(F)F)CC1. The average molecular weight is 550 g/mol. The molecule has 0 saturated carbocycles. The zero-order chi connectivity index (χ0) is 28.2. The first kappa shape index (κ1) is 27.9. The molecule has 1 fully saturated rings. The second kappa shape index (κ2) is 11.7. The third kappa shape index (κ3) is 7.91. The van der Waals surface area contributed by atoms with Crippen LogP contribution in [0.3, 0.4) is 0 Å². The number of ether oxygens (including phenoxy) is 1. The molecule has 2 N–H and O–H groups in total. The minimum absolute atomic E-state index is 0.0307. The maximum absolute atomic E-state index is 13.5. The Morgan fingerprint density at radius 1 is 0.949 bits per heavy atom. The van der Waals surface area contributed by atoms with Crippen LogP contribution in [0.5, 0.6) is 5.75 Å². The maximum atomic E-state index is 13.5. The Labute approximate surface area is 219 Å². The molecule has 0 bridgehead atoms. The molecular weight excluding hydrogens is 527 g/mol. The van der Waals surface area contributed by atoms with Gasteiger partial charge < -0.3 is 20.3 Å². The summed E-state index contributed by atoms with van der Waals surface area (Å²) >= 11 is 0. The number of carbonyl (C=O) groups is 2. The number of amides is 2. The standard InChI is InChI=1S/C25H23F5N6O3/c1-35-4-6-36(7-5-35)14-23(37)33-19-10-15(2-3-21(19)39-25(28,29)30)24(38)34-22-13-31-20(12-32-22)16-8-17(26)11-18(27)9-16/h2-3,8-13H,4-7,14H2,1H3,(H,33,37)(H,32,34,38). The van der Waals surface area contributed by atoms with Gasteiger partial charge in [0, 0.05) is 43.4 Å². The summed E-state index contributed by atoms with van der Waals surface area (Å²) in [6.07, 6.45) is -2.69. The number of carbonyl (C=O) groups excluding carboxylic acids is 2. The van der Waals surface area contributed by atoms with Crippen LogP contribution in [0, 0.1) is 11.6 Å². The van der Waals surface area contributed by atoms with Crippen molar-refractivity contribution in [3.05, 3.63) is 66.0 Å². The Kier molecular flexibility index (Phi) is 8.35. The highest BCUT2D eigenvalue weighted by Gasteiger charge is 2.32. The molecule has 0 radical (unpaired) electrons. The summed E-state index contributed by atoms with van der Waals surface area (Å²) in [5.41, 5.74) is -0.161. The van der Waals surface area contributed by atoms with E-state index >= 15 is 0 Å². The van der Waals surface area contributed by atoms with Crippen molar-refractivity contribution in [1.82, 2.24) is 19.8 Å². The predicted octanol–water partition coefficient (Wildman–Crippen LogP) is 3.76. The highest BCUT2D eigenvalue weighted by Crippen LogP contribution is 2.31. The van der Waals surface area contributed by atoms with Gasteiger partial charge in [-0.05, 0) is 37.4 Å². The smallest absolute Gasteiger partial charge is 0.404 e. The van der Waals surface area contributed by atoms with Crippen molar-refractivity contribution in [3.63, 3.8) is 0 Å². The lowest BCUT2D eigenvalue weighted by atomic mass is 10.1. The molecular formula is C25H23F5N6O3. The number of aromatic nitrogens is 2. The number of nitrogens with one attached hydrogen (secondary N) is 2. The Balaban J connectivity index is 1.48. The zero-order valence-electron chi connectivity index (χ0n) is 20.6. The summed E-state index contributed by atoms with van der Waals surface area (Å²) in [4.78, 5) is 37.3. The van der Waals surface area contributed by atoms with Gasteiger partial charge in [-0.15, -0.1) is 13.2 Å². The summed E-state index contributed by atoms with van der Waals surface area (Å²) < 4.78 is 69.7. The molecule has 2 amide bonds. The topological polar surface area (TPSA) is 99.7 Å². The number of alkyl halides is 3. The highest BCUT2D eigenvalue weighted by molar-refractivity contribution is 6.05. The van der Waals surface area contributed by atoms with E-state index in [0.29, 0.717) is 19.2 Å². The van der Waals surface area contributed by atoms with E-state index in [2.05, 4.69) is 30.2 Å². The van der Waals surface area contributed by atoms with Crippen molar-refractivity contribution in [2.75, 3.05) is 50.4 Å². The van der Waals surface area contributed by atoms with E-state index in [1.165, 1.54) is 6.20 Å². The van der Waals surface area contributed by atoms with Gasteiger partial charge >= 0.3 is 6.36 Å². The predicted molar refractivity (Wildman–Crippen MR) is 131 cm³/mol. The first-order valence-corrected chi connectivity index (χ1v) is 11.7. The Bertz CT molecular complexity index is 1320. The lowest BCUT2D eigenvalue weighted by Crippen LogP contribution is -2.47. The first-order chi connectivity index (χ1) is 18.4. The van der Waals surface area contributed by atoms with Gasteiger partial charge in [0.2, 0.25) is 5.91 Å². The van der Waals surface area contributed by atoms with E-state index in [0.717, 1.165) is 49.6 Å². The van der Waals surface area contributed by atoms with E-state index in [9.17, 15) is 31.5 Å². The normalized spacial score (nSPS) is 14.6. The van der Waals surface area contributed by atoms with Crippen LogP contribution in [0.15, 0.2) is 48.8 Å². The van der Waals surface area contributed by atoms with E-state index in [1.54, 1.807) is 0 Å². The van der Waals surface area contributed by atoms with E-state index < -0.39 is 35.6 Å². The lowest BCUT2D eigenvalue weighted by molar-refractivity contribution is -0.274. The molecule has 1 saturated heterocycles. The number of benzene rings is 2. The van der Waals surface area contributed by atoms with Gasteiger partial charge in [0.25, 0.3) is 5.91 Å². The summed E-state index contributed by atoms with van der Waals surface area (Å²) in [6.45, 7) is 2.67. The number of nitrogens with zero attached hydrogens (tertiary/aromatic N) is 4. The van der Waals surface area contributed by atoms with Gasteiger partial charge in [-0.1, -0.05) is 0 Å². The van der Waals surface area contributed by atoms with Crippen molar-refractivity contribution < 1.29 is 36.3 Å². The molecule has 1 aromatic heterocycles. The number of rotatable bonds is 7. The molecule has 206 valence electrons. The van der Waals surface area contributed by atoms with Crippen molar-refractivity contribution in [2.24, 2.45) is 0 Å². The van der Waals surface area contributed by atoms with Crippen LogP contribution in [0.1, 0.15) is 10.4 Å². The fourth-order valence-corrected chi connectivity index (χ4v) is 3.81. The zero-order valence-corrected chi connectivity index (χ0v) is 20.6. The van der Waals surface area contributed by atoms with Crippen LogP contribution >= 0.6 is 0 Å². The van der Waals surface area contributed by atoms with Crippen LogP contribution in [-0.2, 0) is 4.79 Å². The number of anilines is 2. The van der Waals surface area contributed by atoms with Crippen LogP contribution in [0.25, 0.3) is 11.3 Å². The maximum Gasteiger partial charge on any atom is 0.573 e. The van der Waals surface area contributed by atoms with Crippen LogP contribution in [0.2, 0.25) is 0 Å². The molecule has 0 aliphatic carbocycles. The molecule has 1 aliphatic rings. The Morgan fingerprint density at radius 3 is 2.26 bits per heavy atom. The molecule has 0 atom stereocenters. The van der Waals surface area contributed by atoms with E-state index in [1.807, 2.05) is 11.9 Å². The number of hydrogen-bond donors (Lipinski definition) is 2. The van der Waals surface area contributed by atoms with E-state index in [-0.39, 0.29) is 34.9 Å². The van der Waals surface area contributed by atoms with Gasteiger partial charge in [0.1, 0.15) is 11.6 Å². The fourth-order valence-electron chi connectivity index (χ4n) is 3.81.